The van der Waals surface area contributed by atoms with E-state index in [1.165, 1.54) is 4.90 Å². The second kappa shape index (κ2) is 8.03. The van der Waals surface area contributed by atoms with Crippen LogP contribution in [0.25, 0.3) is 0 Å². The van der Waals surface area contributed by atoms with Crippen LogP contribution in [-0.2, 0) is 19.2 Å². The van der Waals surface area contributed by atoms with E-state index in [2.05, 4.69) is 12.2 Å². The quantitative estimate of drug-likeness (QED) is 0.272. The zero-order valence-electron chi connectivity index (χ0n) is 20.3. The molecule has 188 valence electrons. The Morgan fingerprint density at radius 2 is 1.49 bits per heavy atom. The van der Waals surface area contributed by atoms with Gasteiger partial charge in [-0.2, -0.15) is 0 Å². The van der Waals surface area contributed by atoms with Gasteiger partial charge in [0, 0.05) is 30.8 Å². The van der Waals surface area contributed by atoms with Crippen LogP contribution in [0.5, 0.6) is 11.5 Å². The molecule has 2 saturated carbocycles. The highest BCUT2D eigenvalue weighted by molar-refractivity contribution is 6.22. The summed E-state index contributed by atoms with van der Waals surface area (Å²) < 4.78 is 10.9. The van der Waals surface area contributed by atoms with Crippen molar-refractivity contribution in [2.75, 3.05) is 23.5 Å². The molecule has 3 amide bonds. The highest BCUT2D eigenvalue weighted by Crippen LogP contribution is 2.65. The molecule has 8 rings (SSSR count). The lowest BCUT2D eigenvalue weighted by Crippen LogP contribution is -2.40. The maximum atomic E-state index is 13.4. The molecule has 37 heavy (non-hydrogen) atoms. The van der Waals surface area contributed by atoms with Gasteiger partial charge in [0.25, 0.3) is 0 Å². The van der Waals surface area contributed by atoms with Crippen LogP contribution in [0.2, 0.25) is 0 Å². The summed E-state index contributed by atoms with van der Waals surface area (Å²) in [6, 6.07) is 13.7. The first-order valence-electron chi connectivity index (χ1n) is 12.8. The van der Waals surface area contributed by atoms with Gasteiger partial charge in [-0.1, -0.05) is 24.3 Å². The lowest BCUT2D eigenvalue weighted by molar-refractivity contribution is -0.139. The average molecular weight is 499 g/mol. The lowest BCUT2D eigenvalue weighted by Gasteiger charge is -2.37. The van der Waals surface area contributed by atoms with Crippen molar-refractivity contribution in [1.82, 2.24) is 0 Å². The number of ether oxygens (including phenoxy) is 2. The van der Waals surface area contributed by atoms with Crippen molar-refractivity contribution in [3.8, 4) is 11.5 Å². The van der Waals surface area contributed by atoms with Gasteiger partial charge in [-0.25, -0.2) is 4.90 Å². The Kier molecular flexibility index (Phi) is 4.83. The zero-order valence-corrected chi connectivity index (χ0v) is 20.3. The standard InChI is InChI=1S/C29H26N2O6/c1-36-18-6-2-4-16(11-18)30-14-15(10-24(30)32)29(35)37-19-7-3-5-17(12-19)31-27(33)25-20-8-9-21(23-13-22(20)23)26(25)28(31)34/h2-9,11-12,15,20-23,25-26H,10,13-14H2,1H3/t15-,20+,21+,22+,23+,25-,26+/m0/s1. The Hall–Kier alpha value is -3.94. The van der Waals surface area contributed by atoms with Crippen LogP contribution in [0.3, 0.4) is 0 Å². The molecule has 7 atom stereocenters. The maximum Gasteiger partial charge on any atom is 0.316 e. The first-order valence-corrected chi connectivity index (χ1v) is 12.8. The number of anilines is 2. The second-order valence-electron chi connectivity index (χ2n) is 10.7. The maximum absolute atomic E-state index is 13.4. The lowest BCUT2D eigenvalue weighted by atomic mass is 9.63. The van der Waals surface area contributed by atoms with E-state index in [0.29, 0.717) is 29.0 Å². The van der Waals surface area contributed by atoms with Gasteiger partial charge in [-0.3, -0.25) is 19.2 Å². The molecule has 4 fully saturated rings. The van der Waals surface area contributed by atoms with Crippen LogP contribution in [0.15, 0.2) is 60.7 Å². The number of imide groups is 1. The van der Waals surface area contributed by atoms with Crippen LogP contribution in [-0.4, -0.2) is 37.3 Å². The van der Waals surface area contributed by atoms with Gasteiger partial charge in [-0.05, 0) is 54.4 Å². The second-order valence-corrected chi connectivity index (χ2v) is 10.7. The zero-order chi connectivity index (χ0) is 25.4. The molecule has 2 saturated heterocycles. The molecule has 0 unspecified atom stereocenters. The molecule has 8 heteroatoms. The molecule has 0 aromatic heterocycles. The molecule has 0 N–H and O–H groups in total. The smallest absolute Gasteiger partial charge is 0.316 e. The van der Waals surface area contributed by atoms with Crippen molar-refractivity contribution in [2.24, 2.45) is 41.4 Å². The van der Waals surface area contributed by atoms with E-state index >= 15 is 0 Å². The summed E-state index contributed by atoms with van der Waals surface area (Å²) in [5, 5.41) is 0. The largest absolute Gasteiger partial charge is 0.497 e. The van der Waals surface area contributed by atoms with Gasteiger partial charge in [0.1, 0.15) is 11.5 Å². The summed E-state index contributed by atoms with van der Waals surface area (Å²) in [5.41, 5.74) is 1.08. The monoisotopic (exact) mass is 498 g/mol. The summed E-state index contributed by atoms with van der Waals surface area (Å²) in [6.07, 6.45) is 5.44. The number of benzene rings is 2. The third-order valence-corrected chi connectivity index (χ3v) is 8.78. The normalized spacial score (nSPS) is 33.0. The van der Waals surface area contributed by atoms with E-state index in [1.807, 2.05) is 0 Å². The Balaban J connectivity index is 1.07. The Morgan fingerprint density at radius 3 is 2.16 bits per heavy atom. The van der Waals surface area contributed by atoms with Gasteiger partial charge in [0.05, 0.1) is 30.6 Å². The van der Waals surface area contributed by atoms with Crippen molar-refractivity contribution in [2.45, 2.75) is 12.8 Å². The summed E-state index contributed by atoms with van der Waals surface area (Å²) in [6.45, 7) is 0.203. The number of amides is 3. The molecule has 2 aliphatic heterocycles. The van der Waals surface area contributed by atoms with Crippen LogP contribution in [0, 0.1) is 41.4 Å². The van der Waals surface area contributed by atoms with E-state index in [0.717, 1.165) is 6.42 Å². The summed E-state index contributed by atoms with van der Waals surface area (Å²) in [7, 11) is 1.56. The van der Waals surface area contributed by atoms with Crippen molar-refractivity contribution < 1.29 is 28.7 Å². The predicted octanol–water partition coefficient (Wildman–Crippen LogP) is 3.21. The third kappa shape index (κ3) is 3.35. The van der Waals surface area contributed by atoms with E-state index in [9.17, 15) is 19.2 Å². The number of nitrogens with zero attached hydrogens (tertiary/aromatic N) is 2. The SMILES string of the molecule is COc1cccc(N2C[C@@H](C(=O)Oc3cccc(N4C(=O)[C@@H]5[C@@H]6C=C[C@H]([C@H]7C[C@H]67)[C@@H]5C4=O)c3)CC2=O)c1. The summed E-state index contributed by atoms with van der Waals surface area (Å²) in [4.78, 5) is 55.3. The molecule has 0 radical (unpaired) electrons. The number of hydrogen-bond acceptors (Lipinski definition) is 6. The van der Waals surface area contributed by atoms with Crippen molar-refractivity contribution in [1.29, 1.82) is 0 Å². The number of methoxy groups -OCH3 is 1. The fourth-order valence-corrected chi connectivity index (χ4v) is 6.99. The molecular formula is C29H26N2O6. The predicted molar refractivity (Wildman–Crippen MR) is 133 cm³/mol. The fourth-order valence-electron chi connectivity index (χ4n) is 6.99. The van der Waals surface area contributed by atoms with E-state index in [1.54, 1.807) is 60.5 Å². The molecule has 2 aromatic rings. The molecule has 2 aromatic carbocycles. The van der Waals surface area contributed by atoms with Crippen molar-refractivity contribution in [3.63, 3.8) is 0 Å². The number of rotatable bonds is 5. The van der Waals surface area contributed by atoms with Crippen molar-refractivity contribution in [3.05, 3.63) is 60.7 Å². The number of hydrogen-bond donors (Lipinski definition) is 0. The first-order chi connectivity index (χ1) is 17.9. The van der Waals surface area contributed by atoms with E-state index < -0.39 is 11.9 Å². The fraction of sp³-hybridized carbons (Fsp3) is 0.379. The van der Waals surface area contributed by atoms with E-state index in [-0.39, 0.29) is 60.1 Å². The number of esters is 1. The Bertz CT molecular complexity index is 1350. The molecular weight excluding hydrogens is 472 g/mol. The van der Waals surface area contributed by atoms with Crippen LogP contribution < -0.4 is 19.3 Å². The minimum atomic E-state index is -0.631. The Morgan fingerprint density at radius 1 is 0.865 bits per heavy atom. The van der Waals surface area contributed by atoms with Gasteiger partial charge >= 0.3 is 5.97 Å². The number of carbonyl (C=O) groups is 4. The van der Waals surface area contributed by atoms with Crippen LogP contribution in [0.1, 0.15) is 12.8 Å². The molecule has 4 aliphatic carbocycles. The average Bonchev–Trinajstić information content (AvgIpc) is 3.58. The molecule has 2 bridgehead atoms. The highest BCUT2D eigenvalue weighted by Gasteiger charge is 2.67. The van der Waals surface area contributed by atoms with Crippen molar-refractivity contribution >= 4 is 35.1 Å². The van der Waals surface area contributed by atoms with E-state index in [4.69, 9.17) is 9.47 Å². The summed E-state index contributed by atoms with van der Waals surface area (Å²) >= 11 is 0. The minimum Gasteiger partial charge on any atom is -0.497 e. The van der Waals surface area contributed by atoms with Crippen LogP contribution >= 0.6 is 0 Å². The van der Waals surface area contributed by atoms with Gasteiger partial charge in [0.2, 0.25) is 17.7 Å². The van der Waals surface area contributed by atoms with Gasteiger partial charge in [-0.15, -0.1) is 0 Å². The number of allylic oxidation sites excluding steroid dienone is 2. The molecule has 6 aliphatic rings. The molecule has 0 spiro atoms. The summed E-state index contributed by atoms with van der Waals surface area (Å²) in [5.74, 6) is 0.0301. The first kappa shape index (κ1) is 22.3. The number of carbonyl (C=O) groups excluding carboxylic acids is 4. The van der Waals surface area contributed by atoms with Crippen LogP contribution in [0.4, 0.5) is 11.4 Å². The minimum absolute atomic E-state index is 0.0420. The van der Waals surface area contributed by atoms with Gasteiger partial charge < -0.3 is 14.4 Å². The molecule has 2 heterocycles. The molecule has 8 nitrogen and oxygen atoms in total. The third-order valence-electron chi connectivity index (χ3n) is 8.78. The Labute approximate surface area is 213 Å². The topological polar surface area (TPSA) is 93.2 Å². The van der Waals surface area contributed by atoms with Gasteiger partial charge in [0.15, 0.2) is 0 Å². The highest BCUT2D eigenvalue weighted by atomic mass is 16.5.